The van der Waals surface area contributed by atoms with Gasteiger partial charge in [-0.25, -0.2) is 8.42 Å². The van der Waals surface area contributed by atoms with Crippen molar-refractivity contribution in [3.8, 4) is 0 Å². The van der Waals surface area contributed by atoms with Gasteiger partial charge in [0.05, 0.1) is 12.7 Å². The molecular formula is C9H18N2O4S. The van der Waals surface area contributed by atoms with Gasteiger partial charge >= 0.3 is 5.97 Å². The van der Waals surface area contributed by atoms with Crippen molar-refractivity contribution in [2.75, 3.05) is 26.4 Å². The number of aliphatic carboxylic acids is 1. The largest absolute Gasteiger partial charge is 0.481 e. The summed E-state index contributed by atoms with van der Waals surface area (Å²) >= 11 is 0. The molecule has 0 bridgehead atoms. The number of sulfonamides is 1. The summed E-state index contributed by atoms with van der Waals surface area (Å²) in [6.07, 6.45) is 0.978. The van der Waals surface area contributed by atoms with E-state index in [1.54, 1.807) is 6.92 Å². The first-order valence-electron chi connectivity index (χ1n) is 5.10. The van der Waals surface area contributed by atoms with E-state index in [1.165, 1.54) is 4.31 Å². The zero-order valence-corrected chi connectivity index (χ0v) is 10.6. The highest BCUT2D eigenvalue weighted by Gasteiger charge is 2.37. The number of carboxylic acid groups (broad SMARTS) is 1. The third-order valence-corrected chi connectivity index (χ3v) is 4.11. The lowest BCUT2D eigenvalue weighted by Gasteiger charge is -2.42. The number of carbonyl (C=O) groups is 1. The van der Waals surface area contributed by atoms with Gasteiger partial charge in [0.25, 0.3) is 0 Å². The number of nitrogens with zero attached hydrogens (tertiary/aromatic N) is 2. The minimum atomic E-state index is -3.35. The summed E-state index contributed by atoms with van der Waals surface area (Å²) in [7, 11) is -1.48. The summed E-state index contributed by atoms with van der Waals surface area (Å²) in [6.45, 7) is 2.89. The van der Waals surface area contributed by atoms with Gasteiger partial charge < -0.3 is 10.0 Å². The van der Waals surface area contributed by atoms with Crippen LogP contribution in [0.4, 0.5) is 0 Å². The molecule has 0 saturated carbocycles. The molecule has 0 aromatic rings. The Bertz CT molecular complexity index is 368. The molecule has 7 heteroatoms. The molecule has 0 aliphatic carbocycles. The van der Waals surface area contributed by atoms with Gasteiger partial charge in [0.2, 0.25) is 10.0 Å². The fraction of sp³-hybridized carbons (Fsp3) is 0.889. The van der Waals surface area contributed by atoms with E-state index in [0.29, 0.717) is 13.1 Å². The van der Waals surface area contributed by atoms with Gasteiger partial charge in [0, 0.05) is 25.2 Å². The smallest absolute Gasteiger partial charge is 0.305 e. The molecule has 1 fully saturated rings. The first-order valence-corrected chi connectivity index (χ1v) is 6.95. The Hall–Kier alpha value is -0.660. The van der Waals surface area contributed by atoms with E-state index >= 15 is 0 Å². The van der Waals surface area contributed by atoms with Gasteiger partial charge in [-0.2, -0.15) is 4.31 Å². The zero-order chi connectivity index (χ0) is 12.5. The number of rotatable bonds is 3. The quantitative estimate of drug-likeness (QED) is 0.725. The molecule has 0 unspecified atom stereocenters. The van der Waals surface area contributed by atoms with Crippen molar-refractivity contribution in [1.29, 1.82) is 0 Å². The maximum absolute atomic E-state index is 11.6. The molecule has 1 N–H and O–H groups in total. The number of carboxylic acids is 1. The van der Waals surface area contributed by atoms with Gasteiger partial charge in [-0.05, 0) is 14.0 Å². The van der Waals surface area contributed by atoms with Crippen molar-refractivity contribution in [1.82, 2.24) is 9.21 Å². The average molecular weight is 250 g/mol. The second-order valence-electron chi connectivity index (χ2n) is 4.41. The third kappa shape index (κ3) is 3.16. The first kappa shape index (κ1) is 13.4. The summed E-state index contributed by atoms with van der Waals surface area (Å²) < 4.78 is 24.5. The van der Waals surface area contributed by atoms with Crippen LogP contribution in [0.5, 0.6) is 0 Å². The SMILES string of the molecule is C[C@@H]1CN(C)C[C@@H](CC(=O)O)N1S(C)(=O)=O. The van der Waals surface area contributed by atoms with Crippen LogP contribution in [-0.4, -0.2) is 67.2 Å². The highest BCUT2D eigenvalue weighted by molar-refractivity contribution is 7.88. The summed E-state index contributed by atoms with van der Waals surface area (Å²) in [5, 5.41) is 8.78. The maximum Gasteiger partial charge on any atom is 0.305 e. The van der Waals surface area contributed by atoms with E-state index in [1.807, 2.05) is 11.9 Å². The van der Waals surface area contributed by atoms with Crippen LogP contribution in [0.3, 0.4) is 0 Å². The predicted octanol–water partition coefficient (Wildman–Crippen LogP) is -0.575. The van der Waals surface area contributed by atoms with Crippen molar-refractivity contribution < 1.29 is 18.3 Å². The Morgan fingerprint density at radius 2 is 2.00 bits per heavy atom. The van der Waals surface area contributed by atoms with Crippen LogP contribution >= 0.6 is 0 Å². The Morgan fingerprint density at radius 3 is 2.44 bits per heavy atom. The molecule has 0 amide bonds. The lowest BCUT2D eigenvalue weighted by Crippen LogP contribution is -2.58. The highest BCUT2D eigenvalue weighted by Crippen LogP contribution is 2.20. The van der Waals surface area contributed by atoms with E-state index in [2.05, 4.69) is 0 Å². The number of hydrogen-bond donors (Lipinski definition) is 1. The molecule has 16 heavy (non-hydrogen) atoms. The molecule has 1 rings (SSSR count). The lowest BCUT2D eigenvalue weighted by atomic mass is 10.1. The van der Waals surface area contributed by atoms with E-state index in [4.69, 9.17) is 5.11 Å². The molecule has 0 aromatic heterocycles. The first-order chi connectivity index (χ1) is 7.21. The van der Waals surface area contributed by atoms with Crippen molar-refractivity contribution in [3.63, 3.8) is 0 Å². The Balaban J connectivity index is 2.94. The summed E-state index contributed by atoms with van der Waals surface area (Å²) in [6, 6.07) is -0.653. The van der Waals surface area contributed by atoms with E-state index < -0.39 is 22.0 Å². The standard InChI is InChI=1S/C9H18N2O4S/c1-7-5-10(2)6-8(4-9(12)13)11(7)16(3,14)15/h7-8H,4-6H2,1-3H3,(H,12,13)/t7-,8-/m1/s1. The van der Waals surface area contributed by atoms with Gasteiger partial charge in [-0.1, -0.05) is 0 Å². The predicted molar refractivity (Wildman–Crippen MR) is 59.7 cm³/mol. The maximum atomic E-state index is 11.6. The topological polar surface area (TPSA) is 77.9 Å². The van der Waals surface area contributed by atoms with E-state index in [-0.39, 0.29) is 12.5 Å². The molecule has 0 aromatic carbocycles. The van der Waals surface area contributed by atoms with E-state index in [0.717, 1.165) is 6.26 Å². The molecule has 6 nitrogen and oxygen atoms in total. The average Bonchev–Trinajstić information content (AvgIpc) is 1.96. The van der Waals surface area contributed by atoms with Crippen molar-refractivity contribution in [3.05, 3.63) is 0 Å². The molecule has 2 atom stereocenters. The molecule has 0 spiro atoms. The lowest BCUT2D eigenvalue weighted by molar-refractivity contribution is -0.138. The van der Waals surface area contributed by atoms with Crippen LogP contribution in [0, 0.1) is 0 Å². The zero-order valence-electron chi connectivity index (χ0n) is 9.75. The van der Waals surface area contributed by atoms with Crippen LogP contribution in [-0.2, 0) is 14.8 Å². The van der Waals surface area contributed by atoms with Gasteiger partial charge in [0.1, 0.15) is 0 Å². The second kappa shape index (κ2) is 4.68. The van der Waals surface area contributed by atoms with Gasteiger partial charge in [-0.3, -0.25) is 4.79 Å². The third-order valence-electron chi connectivity index (χ3n) is 2.69. The van der Waals surface area contributed by atoms with Gasteiger partial charge in [-0.15, -0.1) is 0 Å². The minimum absolute atomic E-state index is 0.151. The molecule has 1 heterocycles. The van der Waals surface area contributed by atoms with Crippen LogP contribution in [0.1, 0.15) is 13.3 Å². The Labute approximate surface area is 95.9 Å². The molecular weight excluding hydrogens is 232 g/mol. The fourth-order valence-electron chi connectivity index (χ4n) is 2.36. The number of piperazine rings is 1. The van der Waals surface area contributed by atoms with E-state index in [9.17, 15) is 13.2 Å². The molecule has 0 radical (unpaired) electrons. The number of hydrogen-bond acceptors (Lipinski definition) is 4. The molecule has 1 aliphatic rings. The van der Waals surface area contributed by atoms with Crippen molar-refractivity contribution >= 4 is 16.0 Å². The molecule has 94 valence electrons. The Kier molecular flexibility index (Phi) is 3.92. The van der Waals surface area contributed by atoms with Crippen LogP contribution in [0.25, 0.3) is 0 Å². The van der Waals surface area contributed by atoms with Crippen LogP contribution < -0.4 is 0 Å². The second-order valence-corrected chi connectivity index (χ2v) is 6.30. The van der Waals surface area contributed by atoms with Crippen LogP contribution in [0.15, 0.2) is 0 Å². The van der Waals surface area contributed by atoms with Crippen molar-refractivity contribution in [2.24, 2.45) is 0 Å². The van der Waals surface area contributed by atoms with Crippen molar-refractivity contribution in [2.45, 2.75) is 25.4 Å². The highest BCUT2D eigenvalue weighted by atomic mass is 32.2. The molecule has 1 aliphatic heterocycles. The molecule has 1 saturated heterocycles. The summed E-state index contributed by atoms with van der Waals surface area (Å²) in [5.74, 6) is -0.971. The minimum Gasteiger partial charge on any atom is -0.481 e. The fourth-order valence-corrected chi connectivity index (χ4v) is 3.76. The normalized spacial score (nSPS) is 29.2. The Morgan fingerprint density at radius 1 is 1.44 bits per heavy atom. The van der Waals surface area contributed by atoms with Gasteiger partial charge in [0.15, 0.2) is 0 Å². The van der Waals surface area contributed by atoms with Crippen LogP contribution in [0.2, 0.25) is 0 Å². The number of likely N-dealkylation sites (N-methyl/N-ethyl adjacent to an activating group) is 1. The summed E-state index contributed by atoms with van der Waals surface area (Å²) in [5.41, 5.74) is 0. The summed E-state index contributed by atoms with van der Waals surface area (Å²) in [4.78, 5) is 12.7. The monoisotopic (exact) mass is 250 g/mol.